The van der Waals surface area contributed by atoms with Crippen molar-refractivity contribution in [2.75, 3.05) is 9.80 Å². The van der Waals surface area contributed by atoms with Crippen LogP contribution >= 0.6 is 0 Å². The van der Waals surface area contributed by atoms with E-state index in [0.29, 0.717) is 0 Å². The summed E-state index contributed by atoms with van der Waals surface area (Å²) in [7, 11) is 0. The highest BCUT2D eigenvalue weighted by molar-refractivity contribution is 7.00. The fourth-order valence-corrected chi connectivity index (χ4v) is 7.85. The summed E-state index contributed by atoms with van der Waals surface area (Å²) in [6, 6.07) is 38.0. The molecule has 0 spiro atoms. The van der Waals surface area contributed by atoms with E-state index in [1.807, 2.05) is 0 Å². The average Bonchev–Trinajstić information content (AvgIpc) is 3.02. The molecule has 0 unspecified atom stereocenters. The fourth-order valence-electron chi connectivity index (χ4n) is 7.85. The van der Waals surface area contributed by atoms with Crippen LogP contribution in [-0.4, -0.2) is 6.71 Å². The molecule has 2 aliphatic rings. The number of hydrogen-bond donors (Lipinski definition) is 0. The van der Waals surface area contributed by atoms with E-state index in [1.54, 1.807) is 0 Å². The highest BCUT2D eigenvalue weighted by Gasteiger charge is 2.44. The number of hydrogen-bond acceptors (Lipinski definition) is 2. The van der Waals surface area contributed by atoms with Gasteiger partial charge in [-0.3, -0.25) is 0 Å². The minimum Gasteiger partial charge on any atom is -0.311 e. The van der Waals surface area contributed by atoms with Crippen LogP contribution in [0, 0.1) is 6.92 Å². The molecule has 256 valence electrons. The predicted octanol–water partition coefficient (Wildman–Crippen LogP) is 11.3. The second kappa shape index (κ2) is 11.4. The number of anilines is 6. The first-order valence-corrected chi connectivity index (χ1v) is 18.5. The van der Waals surface area contributed by atoms with Gasteiger partial charge in [-0.25, -0.2) is 0 Å². The van der Waals surface area contributed by atoms with Crippen molar-refractivity contribution in [1.82, 2.24) is 0 Å². The Kier molecular flexibility index (Phi) is 7.80. The van der Waals surface area contributed by atoms with Gasteiger partial charge in [0.15, 0.2) is 0 Å². The van der Waals surface area contributed by atoms with E-state index in [-0.39, 0.29) is 28.4 Å². The highest BCUT2D eigenvalue weighted by Crippen LogP contribution is 2.46. The van der Waals surface area contributed by atoms with Gasteiger partial charge in [0, 0.05) is 34.1 Å². The summed E-state index contributed by atoms with van der Waals surface area (Å²) in [5.74, 6) is 0. The second-order valence-electron chi connectivity index (χ2n) is 19.0. The minimum atomic E-state index is 0.0240. The van der Waals surface area contributed by atoms with Gasteiger partial charge >= 0.3 is 0 Å². The Morgan fingerprint density at radius 1 is 0.380 bits per heavy atom. The van der Waals surface area contributed by atoms with Crippen LogP contribution in [0.4, 0.5) is 34.1 Å². The average molecular weight is 661 g/mol. The van der Waals surface area contributed by atoms with E-state index in [1.165, 1.54) is 78.3 Å². The maximum absolute atomic E-state index is 2.54. The van der Waals surface area contributed by atoms with Gasteiger partial charge in [0.1, 0.15) is 0 Å². The lowest BCUT2D eigenvalue weighted by atomic mass is 9.34. The van der Waals surface area contributed by atoms with Gasteiger partial charge in [0.25, 0.3) is 6.71 Å². The molecule has 2 aliphatic heterocycles. The van der Waals surface area contributed by atoms with E-state index < -0.39 is 0 Å². The Bertz CT molecular complexity index is 1940. The molecule has 7 rings (SSSR count). The van der Waals surface area contributed by atoms with Gasteiger partial charge in [0.2, 0.25) is 0 Å². The van der Waals surface area contributed by atoms with E-state index in [0.717, 1.165) is 0 Å². The molecule has 0 saturated carbocycles. The molecule has 0 saturated heterocycles. The van der Waals surface area contributed by atoms with Crippen LogP contribution in [0.15, 0.2) is 97.1 Å². The van der Waals surface area contributed by atoms with Crippen LogP contribution in [0.5, 0.6) is 0 Å². The van der Waals surface area contributed by atoms with E-state index in [4.69, 9.17) is 0 Å². The normalized spacial score (nSPS) is 14.4. The van der Waals surface area contributed by atoms with Gasteiger partial charge in [-0.1, -0.05) is 132 Å². The molecule has 0 aliphatic carbocycles. The maximum Gasteiger partial charge on any atom is 0.252 e. The van der Waals surface area contributed by atoms with Gasteiger partial charge in [0.05, 0.1) is 0 Å². The largest absolute Gasteiger partial charge is 0.311 e. The smallest absolute Gasteiger partial charge is 0.252 e. The SMILES string of the molecule is Cc1cc2c3c(c1)[15N](c1ccc(C(C)(C)C)cc1)c1ccc(C(C)(C)C)cc1B3c1cc(C(C)(C)C)ccc1[15N]2c1ccc(C(C)(C)C)cc1. The number of benzene rings is 5. The van der Waals surface area contributed by atoms with E-state index in [9.17, 15) is 0 Å². The molecule has 0 amide bonds. The molecular weight excluding hydrogens is 605 g/mol. The van der Waals surface area contributed by atoms with Crippen molar-refractivity contribution >= 4 is 57.2 Å². The summed E-state index contributed by atoms with van der Waals surface area (Å²) in [6.45, 7) is 30.1. The van der Waals surface area contributed by atoms with Crippen molar-refractivity contribution < 1.29 is 0 Å². The predicted molar refractivity (Wildman–Crippen MR) is 220 cm³/mol. The Balaban J connectivity index is 1.57. The molecule has 50 heavy (non-hydrogen) atoms. The van der Waals surface area contributed by atoms with Gasteiger partial charge in [-0.15, -0.1) is 0 Å². The summed E-state index contributed by atoms with van der Waals surface area (Å²) < 4.78 is 0. The lowest BCUT2D eigenvalue weighted by molar-refractivity contribution is 0.590. The Hall–Kier alpha value is -4.24. The standard InChI is InChI=1S/C47H55BN2/c1-30-26-41-43-42(27-30)50(36-22-16-32(17-23-36)45(5,6)7)40-25-19-34(47(11,12)13)29-38(40)48(43)37-28-33(46(8,9)10)18-24-39(37)49(41)35-20-14-31(15-21-35)44(2,3)4/h14-29H,1-13H3/i49+1,50+1. The van der Waals surface area contributed by atoms with Crippen LogP contribution in [0.1, 0.15) is 111 Å². The van der Waals surface area contributed by atoms with Crippen molar-refractivity contribution in [3.8, 4) is 0 Å². The van der Waals surface area contributed by atoms with Crippen LogP contribution in [-0.2, 0) is 21.7 Å². The van der Waals surface area contributed by atoms with E-state index >= 15 is 0 Å². The number of rotatable bonds is 2. The Labute approximate surface area is 302 Å². The highest BCUT2D eigenvalue weighted by atomic mass is 15.9. The number of fused-ring (bicyclic) bond motifs is 4. The molecule has 0 aromatic heterocycles. The third-order valence-electron chi connectivity index (χ3n) is 10.9. The third kappa shape index (κ3) is 5.77. The minimum absolute atomic E-state index is 0.0240. The molecule has 3 heteroatoms. The molecule has 0 atom stereocenters. The molecule has 5 aromatic carbocycles. The molecule has 5 aromatic rings. The van der Waals surface area contributed by atoms with Crippen molar-refractivity contribution in [3.05, 3.63) is 125 Å². The maximum atomic E-state index is 2.54. The molecule has 0 radical (unpaired) electrons. The third-order valence-corrected chi connectivity index (χ3v) is 10.9. The number of nitrogens with zero attached hydrogens (tertiary/aromatic N) is 2. The van der Waals surface area contributed by atoms with E-state index in [2.05, 4.69) is 197 Å². The molecule has 0 N–H and O–H groups in total. The first-order chi connectivity index (χ1) is 23.2. The summed E-state index contributed by atoms with van der Waals surface area (Å²) in [5, 5.41) is 0. The van der Waals surface area contributed by atoms with Gasteiger partial charge < -0.3 is 9.80 Å². The molecule has 2 heterocycles. The summed E-state index contributed by atoms with van der Waals surface area (Å²) in [6.07, 6.45) is 0. The monoisotopic (exact) mass is 660 g/mol. The van der Waals surface area contributed by atoms with Crippen molar-refractivity contribution in [3.63, 3.8) is 0 Å². The molecular formula is C47H55BN2. The lowest BCUT2D eigenvalue weighted by Crippen LogP contribution is -2.61. The summed E-state index contributed by atoms with van der Waals surface area (Å²) in [5.41, 5.74) is 18.5. The first kappa shape index (κ1) is 34.2. The lowest BCUT2D eigenvalue weighted by Gasteiger charge is -2.45. The number of aryl methyl sites for hydroxylation is 1. The van der Waals surface area contributed by atoms with Crippen LogP contribution in [0.25, 0.3) is 0 Å². The first-order valence-electron chi connectivity index (χ1n) is 18.5. The fraction of sp³-hybridized carbons (Fsp3) is 0.362. The van der Waals surface area contributed by atoms with Gasteiger partial charge in [-0.2, -0.15) is 0 Å². The van der Waals surface area contributed by atoms with Crippen LogP contribution < -0.4 is 26.2 Å². The van der Waals surface area contributed by atoms with Crippen molar-refractivity contribution in [2.24, 2.45) is 0 Å². The van der Waals surface area contributed by atoms with Crippen molar-refractivity contribution in [1.29, 1.82) is 0 Å². The summed E-state index contributed by atoms with van der Waals surface area (Å²) >= 11 is 0. The van der Waals surface area contributed by atoms with Crippen molar-refractivity contribution in [2.45, 2.75) is 112 Å². The zero-order chi connectivity index (χ0) is 36.1. The topological polar surface area (TPSA) is 6.48 Å². The summed E-state index contributed by atoms with van der Waals surface area (Å²) in [4.78, 5) is 5.08. The Morgan fingerprint density at radius 2 is 0.700 bits per heavy atom. The quantitative estimate of drug-likeness (QED) is 0.135. The Morgan fingerprint density at radius 3 is 1.02 bits per heavy atom. The molecule has 0 bridgehead atoms. The molecule has 2 nitrogen and oxygen atoms in total. The van der Waals surface area contributed by atoms with Crippen LogP contribution in [0.3, 0.4) is 0 Å². The second-order valence-corrected chi connectivity index (χ2v) is 19.0. The zero-order valence-corrected chi connectivity index (χ0v) is 32.7. The van der Waals surface area contributed by atoms with Gasteiger partial charge in [-0.05, 0) is 121 Å². The zero-order valence-electron chi connectivity index (χ0n) is 32.7. The molecule has 0 fully saturated rings. The van der Waals surface area contributed by atoms with Crippen LogP contribution in [0.2, 0.25) is 0 Å².